The van der Waals surface area contributed by atoms with Crippen LogP contribution in [0.25, 0.3) is 15.8 Å². The number of fused-ring (bicyclic) bond motifs is 1. The number of imidazole rings is 1. The third-order valence-corrected chi connectivity index (χ3v) is 5.45. The molecule has 2 aromatic carbocycles. The normalized spacial score (nSPS) is 10.9. The molecule has 0 bridgehead atoms. The summed E-state index contributed by atoms with van der Waals surface area (Å²) in [5, 5.41) is 4.19. The number of carbonyl (C=O) groups is 1. The first-order chi connectivity index (χ1) is 13.1. The highest BCUT2D eigenvalue weighted by molar-refractivity contribution is 7.19. The summed E-state index contributed by atoms with van der Waals surface area (Å²) < 4.78 is 8.58. The van der Waals surface area contributed by atoms with Gasteiger partial charge in [0.1, 0.15) is 5.75 Å². The van der Waals surface area contributed by atoms with Gasteiger partial charge in [-0.2, -0.15) is 0 Å². The summed E-state index contributed by atoms with van der Waals surface area (Å²) in [5.41, 5.74) is 2.33. The van der Waals surface area contributed by atoms with Crippen molar-refractivity contribution in [2.24, 2.45) is 0 Å². The van der Waals surface area contributed by atoms with Crippen LogP contribution in [0.3, 0.4) is 0 Å². The first-order valence-corrected chi connectivity index (χ1v) is 9.40. The third kappa shape index (κ3) is 3.57. The highest BCUT2D eigenvalue weighted by atomic mass is 32.1. The van der Waals surface area contributed by atoms with E-state index in [1.54, 1.807) is 36.9 Å². The molecule has 0 aliphatic heterocycles. The number of ether oxygens (including phenoxy) is 1. The number of thiophene rings is 1. The molecule has 0 fully saturated rings. The minimum absolute atomic E-state index is 0.126. The second-order valence-electron chi connectivity index (χ2n) is 6.24. The van der Waals surface area contributed by atoms with Crippen molar-refractivity contribution >= 4 is 27.3 Å². The van der Waals surface area contributed by atoms with E-state index in [1.807, 2.05) is 35.9 Å². The van der Waals surface area contributed by atoms with E-state index in [-0.39, 0.29) is 5.91 Å². The number of benzene rings is 2. The molecule has 2 heterocycles. The number of aryl methyl sites for hydroxylation is 1. The summed E-state index contributed by atoms with van der Waals surface area (Å²) in [4.78, 5) is 17.9. The smallest absolute Gasteiger partial charge is 0.251 e. The van der Waals surface area contributed by atoms with Gasteiger partial charge in [-0.15, -0.1) is 11.3 Å². The Morgan fingerprint density at radius 1 is 1.22 bits per heavy atom. The number of hydrogen-bond donors (Lipinski definition) is 1. The maximum Gasteiger partial charge on any atom is 0.251 e. The third-order valence-electron chi connectivity index (χ3n) is 4.33. The van der Waals surface area contributed by atoms with Crippen LogP contribution in [0.15, 0.2) is 61.1 Å². The van der Waals surface area contributed by atoms with Gasteiger partial charge in [-0.05, 0) is 42.6 Å². The lowest BCUT2D eigenvalue weighted by Crippen LogP contribution is -2.22. The van der Waals surface area contributed by atoms with Gasteiger partial charge >= 0.3 is 0 Å². The van der Waals surface area contributed by atoms with Crippen molar-refractivity contribution in [2.45, 2.75) is 13.5 Å². The van der Waals surface area contributed by atoms with E-state index in [2.05, 4.69) is 28.5 Å². The maximum atomic E-state index is 12.6. The van der Waals surface area contributed by atoms with E-state index < -0.39 is 0 Å². The summed E-state index contributed by atoms with van der Waals surface area (Å²) in [6, 6.07) is 15.8. The summed E-state index contributed by atoms with van der Waals surface area (Å²) in [6.45, 7) is 2.43. The number of aromatic nitrogens is 2. The SMILES string of the molecule is COc1cc(C(=O)NCc2cc3ccccc3s2)ccc1-n1cnc(C)c1. The lowest BCUT2D eigenvalue weighted by atomic mass is 10.1. The molecule has 1 amide bonds. The molecule has 0 unspecified atom stereocenters. The van der Waals surface area contributed by atoms with Crippen molar-refractivity contribution in [2.75, 3.05) is 7.11 Å². The van der Waals surface area contributed by atoms with Crippen LogP contribution < -0.4 is 10.1 Å². The van der Waals surface area contributed by atoms with E-state index in [0.29, 0.717) is 17.9 Å². The molecule has 0 saturated heterocycles. The van der Waals surface area contributed by atoms with Crippen molar-refractivity contribution < 1.29 is 9.53 Å². The van der Waals surface area contributed by atoms with Crippen LogP contribution in [0.4, 0.5) is 0 Å². The zero-order valence-electron chi connectivity index (χ0n) is 15.1. The Hall–Kier alpha value is -3.12. The van der Waals surface area contributed by atoms with Gasteiger partial charge in [0.2, 0.25) is 0 Å². The standard InChI is InChI=1S/C21H19N3O2S/c1-14-12-24(13-23-14)18-8-7-16(10-19(18)26-2)21(25)22-11-17-9-15-5-3-4-6-20(15)27-17/h3-10,12-13H,11H2,1-2H3,(H,22,25). The number of hydrogen-bond acceptors (Lipinski definition) is 4. The average molecular weight is 377 g/mol. The molecule has 6 heteroatoms. The van der Waals surface area contributed by atoms with Gasteiger partial charge in [0.15, 0.2) is 0 Å². The van der Waals surface area contributed by atoms with Crippen LogP contribution in [0.2, 0.25) is 0 Å². The number of carbonyl (C=O) groups excluding carboxylic acids is 1. The predicted octanol–water partition coefficient (Wildman–Crippen LogP) is 4.33. The average Bonchev–Trinajstić information content (AvgIpc) is 3.31. The van der Waals surface area contributed by atoms with Gasteiger partial charge < -0.3 is 14.6 Å². The molecule has 1 N–H and O–H groups in total. The number of nitrogens with one attached hydrogen (secondary N) is 1. The molecular weight excluding hydrogens is 358 g/mol. The molecule has 0 spiro atoms. The minimum Gasteiger partial charge on any atom is -0.495 e. The summed E-state index contributed by atoms with van der Waals surface area (Å²) >= 11 is 1.69. The summed E-state index contributed by atoms with van der Waals surface area (Å²) in [5.74, 6) is 0.501. The maximum absolute atomic E-state index is 12.6. The molecule has 0 atom stereocenters. The van der Waals surface area contributed by atoms with Crippen molar-refractivity contribution in [3.05, 3.63) is 77.2 Å². The number of rotatable bonds is 5. The lowest BCUT2D eigenvalue weighted by Gasteiger charge is -2.11. The lowest BCUT2D eigenvalue weighted by molar-refractivity contribution is 0.0951. The summed E-state index contributed by atoms with van der Waals surface area (Å²) in [6.07, 6.45) is 3.65. The molecule has 4 aromatic rings. The van der Waals surface area contributed by atoms with Gasteiger partial charge in [0, 0.05) is 21.3 Å². The fraction of sp³-hybridized carbons (Fsp3) is 0.143. The monoisotopic (exact) mass is 377 g/mol. The fourth-order valence-corrected chi connectivity index (χ4v) is 3.98. The Morgan fingerprint density at radius 3 is 2.81 bits per heavy atom. The topological polar surface area (TPSA) is 56.1 Å². The zero-order valence-corrected chi connectivity index (χ0v) is 15.9. The minimum atomic E-state index is -0.126. The van der Waals surface area contributed by atoms with E-state index in [9.17, 15) is 4.79 Å². The number of methoxy groups -OCH3 is 1. The molecular formula is C21H19N3O2S. The molecule has 2 aromatic heterocycles. The molecule has 136 valence electrons. The Balaban J connectivity index is 1.51. The Labute approximate surface area is 161 Å². The highest BCUT2D eigenvalue weighted by Crippen LogP contribution is 2.26. The van der Waals surface area contributed by atoms with Gasteiger partial charge in [-0.25, -0.2) is 4.98 Å². The van der Waals surface area contributed by atoms with E-state index in [1.165, 1.54) is 10.1 Å². The second kappa shape index (κ2) is 7.25. The second-order valence-corrected chi connectivity index (χ2v) is 7.41. The van der Waals surface area contributed by atoms with Crippen molar-refractivity contribution in [1.29, 1.82) is 0 Å². The van der Waals surface area contributed by atoms with Crippen LogP contribution >= 0.6 is 11.3 Å². The Morgan fingerprint density at radius 2 is 2.07 bits per heavy atom. The van der Waals surface area contributed by atoms with Gasteiger partial charge in [-0.1, -0.05) is 18.2 Å². The molecule has 4 rings (SSSR count). The van der Waals surface area contributed by atoms with E-state index >= 15 is 0 Å². The zero-order chi connectivity index (χ0) is 18.8. The first-order valence-electron chi connectivity index (χ1n) is 8.59. The molecule has 0 aliphatic rings. The molecule has 27 heavy (non-hydrogen) atoms. The van der Waals surface area contributed by atoms with Crippen LogP contribution in [0.5, 0.6) is 5.75 Å². The van der Waals surface area contributed by atoms with Crippen LogP contribution in [0.1, 0.15) is 20.9 Å². The highest BCUT2D eigenvalue weighted by Gasteiger charge is 2.12. The first kappa shape index (κ1) is 17.3. The summed E-state index contributed by atoms with van der Waals surface area (Å²) in [7, 11) is 1.60. The van der Waals surface area contributed by atoms with Crippen molar-refractivity contribution in [3.63, 3.8) is 0 Å². The molecule has 0 aliphatic carbocycles. The Bertz CT molecular complexity index is 1080. The van der Waals surface area contributed by atoms with Crippen LogP contribution in [0, 0.1) is 6.92 Å². The van der Waals surface area contributed by atoms with Gasteiger partial charge in [0.25, 0.3) is 5.91 Å². The van der Waals surface area contributed by atoms with Crippen LogP contribution in [-0.2, 0) is 6.54 Å². The van der Waals surface area contributed by atoms with Crippen LogP contribution in [-0.4, -0.2) is 22.6 Å². The number of nitrogens with zero attached hydrogens (tertiary/aromatic N) is 2. The molecule has 5 nitrogen and oxygen atoms in total. The fourth-order valence-electron chi connectivity index (χ4n) is 2.98. The van der Waals surface area contributed by atoms with Crippen molar-refractivity contribution in [1.82, 2.24) is 14.9 Å². The number of amides is 1. The van der Waals surface area contributed by atoms with Crippen molar-refractivity contribution in [3.8, 4) is 11.4 Å². The van der Waals surface area contributed by atoms with Gasteiger partial charge in [-0.3, -0.25) is 4.79 Å². The molecule has 0 saturated carbocycles. The quantitative estimate of drug-likeness (QED) is 0.563. The largest absolute Gasteiger partial charge is 0.495 e. The molecule has 0 radical (unpaired) electrons. The van der Waals surface area contributed by atoms with E-state index in [0.717, 1.165) is 16.3 Å². The van der Waals surface area contributed by atoms with Gasteiger partial charge in [0.05, 0.1) is 31.4 Å². The predicted molar refractivity (Wildman–Crippen MR) is 108 cm³/mol. The van der Waals surface area contributed by atoms with E-state index in [4.69, 9.17) is 4.74 Å². The Kier molecular flexibility index (Phi) is 4.64.